The highest BCUT2D eigenvalue weighted by molar-refractivity contribution is 14.0. The van der Waals surface area contributed by atoms with Crippen molar-refractivity contribution in [3.8, 4) is 5.75 Å². The van der Waals surface area contributed by atoms with Crippen LogP contribution in [0.5, 0.6) is 5.75 Å². The van der Waals surface area contributed by atoms with E-state index >= 15 is 0 Å². The molecule has 0 amide bonds. The molecule has 0 aliphatic rings. The summed E-state index contributed by atoms with van der Waals surface area (Å²) < 4.78 is 43.6. The fourth-order valence-corrected chi connectivity index (χ4v) is 1.97. The third-order valence-electron chi connectivity index (χ3n) is 3.15. The van der Waals surface area contributed by atoms with E-state index in [0.717, 1.165) is 17.3 Å². The van der Waals surface area contributed by atoms with Crippen molar-refractivity contribution in [1.29, 1.82) is 0 Å². The van der Waals surface area contributed by atoms with Gasteiger partial charge in [0.15, 0.2) is 5.96 Å². The van der Waals surface area contributed by atoms with Gasteiger partial charge in [0.25, 0.3) is 0 Å². The van der Waals surface area contributed by atoms with Gasteiger partial charge < -0.3 is 15.8 Å². The highest BCUT2D eigenvalue weighted by atomic mass is 127. The molecule has 0 bridgehead atoms. The second-order valence-corrected chi connectivity index (χ2v) is 5.10. The summed E-state index contributed by atoms with van der Waals surface area (Å²) in [4.78, 5) is 4.03. The van der Waals surface area contributed by atoms with Gasteiger partial charge in [0.2, 0.25) is 0 Å². The molecule has 0 fully saturated rings. The molecule has 0 atom stereocenters. The molecule has 0 saturated heterocycles. The molecular weight excluding hydrogens is 446 g/mol. The molecule has 0 aliphatic carbocycles. The number of nitrogens with two attached hydrogens (primary N) is 1. The first-order valence-corrected chi connectivity index (χ1v) is 7.29. The highest BCUT2D eigenvalue weighted by Crippen LogP contribution is 2.35. The standard InChI is InChI=1S/C17H18F3N3O.HI/c1-12-6-8-13(9-7-12)23-16(21)22-10-11-24-15-5-3-2-4-14(15)17(18,19)20;/h2-9H,10-11H2,1H3,(H3,21,22,23);1H. The number of guanidine groups is 1. The Hall–Kier alpha value is -1.97. The Morgan fingerprint density at radius 1 is 1.12 bits per heavy atom. The van der Waals surface area contributed by atoms with Gasteiger partial charge in [-0.05, 0) is 31.2 Å². The number of anilines is 1. The zero-order valence-corrected chi connectivity index (χ0v) is 15.8. The summed E-state index contributed by atoms with van der Waals surface area (Å²) in [7, 11) is 0. The molecule has 4 nitrogen and oxygen atoms in total. The van der Waals surface area contributed by atoms with E-state index in [9.17, 15) is 13.2 Å². The minimum atomic E-state index is -4.45. The van der Waals surface area contributed by atoms with Gasteiger partial charge in [0, 0.05) is 5.69 Å². The maximum atomic E-state index is 12.8. The van der Waals surface area contributed by atoms with Crippen molar-refractivity contribution in [2.75, 3.05) is 18.5 Å². The van der Waals surface area contributed by atoms with E-state index in [1.807, 2.05) is 31.2 Å². The Kier molecular flexibility index (Phi) is 8.01. The van der Waals surface area contributed by atoms with Crippen LogP contribution in [-0.4, -0.2) is 19.1 Å². The summed E-state index contributed by atoms with van der Waals surface area (Å²) in [5, 5.41) is 2.90. The molecule has 2 rings (SSSR count). The van der Waals surface area contributed by atoms with Crippen molar-refractivity contribution in [1.82, 2.24) is 0 Å². The van der Waals surface area contributed by atoms with E-state index in [1.54, 1.807) is 0 Å². The van der Waals surface area contributed by atoms with Gasteiger partial charge in [-0.25, -0.2) is 4.99 Å². The van der Waals surface area contributed by atoms with Gasteiger partial charge in [0.05, 0.1) is 12.1 Å². The molecule has 0 aliphatic heterocycles. The first kappa shape index (κ1) is 21.1. The Labute approximate surface area is 161 Å². The van der Waals surface area contributed by atoms with Crippen molar-refractivity contribution in [2.24, 2.45) is 10.7 Å². The van der Waals surface area contributed by atoms with Gasteiger partial charge in [-0.1, -0.05) is 29.8 Å². The number of aliphatic imine (C=N–C) groups is 1. The van der Waals surface area contributed by atoms with Crippen LogP contribution in [0.25, 0.3) is 0 Å². The minimum absolute atomic E-state index is 0. The van der Waals surface area contributed by atoms with Gasteiger partial charge in [-0.2, -0.15) is 13.2 Å². The molecule has 136 valence electrons. The zero-order valence-electron chi connectivity index (χ0n) is 13.5. The molecule has 2 aromatic rings. The maximum absolute atomic E-state index is 12.8. The van der Waals surface area contributed by atoms with Crippen molar-refractivity contribution in [2.45, 2.75) is 13.1 Å². The summed E-state index contributed by atoms with van der Waals surface area (Å²) in [5.74, 6) is -0.0446. The molecule has 0 aromatic heterocycles. The second kappa shape index (κ2) is 9.50. The Morgan fingerprint density at radius 3 is 2.40 bits per heavy atom. The first-order chi connectivity index (χ1) is 11.4. The number of para-hydroxylation sites is 1. The normalized spacial score (nSPS) is 11.6. The molecular formula is C17H19F3IN3O. The number of hydrogen-bond acceptors (Lipinski definition) is 2. The predicted molar refractivity (Wildman–Crippen MR) is 104 cm³/mol. The lowest BCUT2D eigenvalue weighted by atomic mass is 10.2. The summed E-state index contributed by atoms with van der Waals surface area (Å²) >= 11 is 0. The Morgan fingerprint density at radius 2 is 1.76 bits per heavy atom. The highest BCUT2D eigenvalue weighted by Gasteiger charge is 2.33. The van der Waals surface area contributed by atoms with E-state index in [2.05, 4.69) is 10.3 Å². The van der Waals surface area contributed by atoms with Crippen LogP contribution in [0.4, 0.5) is 18.9 Å². The Balaban J connectivity index is 0.00000312. The number of aryl methyl sites for hydroxylation is 1. The average molecular weight is 465 g/mol. The molecule has 2 aromatic carbocycles. The van der Waals surface area contributed by atoms with Gasteiger partial charge in [0.1, 0.15) is 12.4 Å². The number of benzene rings is 2. The first-order valence-electron chi connectivity index (χ1n) is 7.29. The van der Waals surface area contributed by atoms with Crippen LogP contribution in [0.15, 0.2) is 53.5 Å². The molecule has 0 heterocycles. The number of ether oxygens (including phenoxy) is 1. The molecule has 0 spiro atoms. The number of nitrogens with zero attached hydrogens (tertiary/aromatic N) is 1. The lowest BCUT2D eigenvalue weighted by Crippen LogP contribution is -2.23. The summed E-state index contributed by atoms with van der Waals surface area (Å²) in [6.07, 6.45) is -4.45. The molecule has 0 radical (unpaired) electrons. The lowest BCUT2D eigenvalue weighted by molar-refractivity contribution is -0.138. The zero-order chi connectivity index (χ0) is 17.6. The lowest BCUT2D eigenvalue weighted by Gasteiger charge is -2.13. The van der Waals surface area contributed by atoms with Crippen LogP contribution >= 0.6 is 24.0 Å². The van der Waals surface area contributed by atoms with Crippen molar-refractivity contribution < 1.29 is 17.9 Å². The summed E-state index contributed by atoms with van der Waals surface area (Å²) in [6.45, 7) is 2.09. The summed E-state index contributed by atoms with van der Waals surface area (Å²) in [5.41, 5.74) is 6.82. The van der Waals surface area contributed by atoms with Crippen LogP contribution in [0.2, 0.25) is 0 Å². The van der Waals surface area contributed by atoms with Gasteiger partial charge >= 0.3 is 6.18 Å². The minimum Gasteiger partial charge on any atom is -0.491 e. The van der Waals surface area contributed by atoms with Crippen molar-refractivity contribution >= 4 is 35.6 Å². The quantitative estimate of drug-likeness (QED) is 0.297. The monoisotopic (exact) mass is 465 g/mol. The molecule has 8 heteroatoms. The van der Waals surface area contributed by atoms with Crippen LogP contribution in [0.3, 0.4) is 0 Å². The van der Waals surface area contributed by atoms with E-state index in [4.69, 9.17) is 10.5 Å². The van der Waals surface area contributed by atoms with Crippen molar-refractivity contribution in [3.63, 3.8) is 0 Å². The maximum Gasteiger partial charge on any atom is 0.419 e. The number of alkyl halides is 3. The smallest absolute Gasteiger partial charge is 0.419 e. The third kappa shape index (κ3) is 6.81. The molecule has 25 heavy (non-hydrogen) atoms. The SMILES string of the molecule is Cc1ccc(NC(N)=NCCOc2ccccc2C(F)(F)F)cc1.I. The topological polar surface area (TPSA) is 59.6 Å². The largest absolute Gasteiger partial charge is 0.491 e. The number of nitrogens with one attached hydrogen (secondary N) is 1. The average Bonchev–Trinajstić information content (AvgIpc) is 2.53. The van der Waals surface area contributed by atoms with E-state index in [-0.39, 0.29) is 48.8 Å². The van der Waals surface area contributed by atoms with Crippen LogP contribution in [0.1, 0.15) is 11.1 Å². The van der Waals surface area contributed by atoms with E-state index < -0.39 is 11.7 Å². The van der Waals surface area contributed by atoms with Crippen molar-refractivity contribution in [3.05, 3.63) is 59.7 Å². The van der Waals surface area contributed by atoms with Crippen LogP contribution in [-0.2, 0) is 6.18 Å². The van der Waals surface area contributed by atoms with Crippen LogP contribution in [0, 0.1) is 6.92 Å². The van der Waals surface area contributed by atoms with Crippen LogP contribution < -0.4 is 15.8 Å². The van der Waals surface area contributed by atoms with Gasteiger partial charge in [-0.15, -0.1) is 24.0 Å². The molecule has 0 saturated carbocycles. The second-order valence-electron chi connectivity index (χ2n) is 5.10. The number of rotatable bonds is 5. The number of halogens is 4. The third-order valence-corrected chi connectivity index (χ3v) is 3.15. The molecule has 0 unspecified atom stereocenters. The fraction of sp³-hybridized carbons (Fsp3) is 0.235. The fourth-order valence-electron chi connectivity index (χ4n) is 1.97. The molecule has 3 N–H and O–H groups in total. The van der Waals surface area contributed by atoms with E-state index in [1.165, 1.54) is 18.2 Å². The number of hydrogen-bond donors (Lipinski definition) is 2. The predicted octanol–water partition coefficient (Wildman–Crippen LogP) is 4.44. The summed E-state index contributed by atoms with van der Waals surface area (Å²) in [6, 6.07) is 12.6. The van der Waals surface area contributed by atoms with Gasteiger partial charge in [-0.3, -0.25) is 0 Å². The van der Waals surface area contributed by atoms with E-state index in [0.29, 0.717) is 0 Å². The Bertz CT molecular complexity index is 703.